The third-order valence-corrected chi connectivity index (χ3v) is 10.5. The molecule has 0 radical (unpaired) electrons. The van der Waals surface area contributed by atoms with E-state index in [1.54, 1.807) is 60.9 Å². The number of pyridine rings is 1. The summed E-state index contributed by atoms with van der Waals surface area (Å²) in [5.74, 6) is 0.0262. The molecule has 0 saturated heterocycles. The van der Waals surface area contributed by atoms with Gasteiger partial charge in [-0.25, -0.2) is 25.8 Å². The fourth-order valence-electron chi connectivity index (χ4n) is 5.70. The van der Waals surface area contributed by atoms with Gasteiger partial charge in [0.25, 0.3) is 10.0 Å². The minimum Gasteiger partial charge on any atom is -0.358 e. The molecular weight excluding hydrogens is 534 g/mol. The average Bonchev–Trinajstić information content (AvgIpc) is 3.55. The van der Waals surface area contributed by atoms with Gasteiger partial charge in [0, 0.05) is 29.8 Å². The fourth-order valence-corrected chi connectivity index (χ4v) is 7.65. The molecule has 1 atom stereocenters. The maximum absolute atomic E-state index is 13.5. The van der Waals surface area contributed by atoms with Gasteiger partial charge in [0.1, 0.15) is 6.17 Å². The van der Waals surface area contributed by atoms with Crippen LogP contribution in [0.25, 0.3) is 11.0 Å². The minimum absolute atomic E-state index is 0.0262. The molecule has 0 amide bonds. The number of hydrogen-bond acceptors (Lipinski definition) is 8. The summed E-state index contributed by atoms with van der Waals surface area (Å²) in [5, 5.41) is 13.7. The molecule has 1 aliphatic heterocycles. The van der Waals surface area contributed by atoms with Crippen molar-refractivity contribution in [1.82, 2.24) is 8.96 Å². The van der Waals surface area contributed by atoms with E-state index in [1.807, 2.05) is 12.1 Å². The van der Waals surface area contributed by atoms with E-state index in [2.05, 4.69) is 21.3 Å². The molecule has 1 saturated carbocycles. The number of hydrogen-bond donors (Lipinski definition) is 1. The number of fused-ring (bicyclic) bond motifs is 3. The Morgan fingerprint density at radius 3 is 2.26 bits per heavy atom. The minimum atomic E-state index is -3.85. The lowest BCUT2D eigenvalue weighted by Crippen LogP contribution is -2.40. The van der Waals surface area contributed by atoms with E-state index >= 15 is 0 Å². The second-order valence-corrected chi connectivity index (χ2v) is 13.9. The van der Waals surface area contributed by atoms with Crippen molar-refractivity contribution in [3.8, 4) is 6.07 Å². The summed E-state index contributed by atoms with van der Waals surface area (Å²) in [6.07, 6.45) is 7.26. The summed E-state index contributed by atoms with van der Waals surface area (Å²) in [5.41, 5.74) is 2.85. The number of nitrogens with zero attached hydrogens (tertiary/aromatic N) is 4. The number of rotatable bonds is 5. The van der Waals surface area contributed by atoms with E-state index in [1.165, 1.54) is 10.2 Å². The van der Waals surface area contributed by atoms with Gasteiger partial charge in [-0.15, -0.1) is 0 Å². The average molecular weight is 562 g/mol. The Kier molecular flexibility index (Phi) is 6.12. The third-order valence-electron chi connectivity index (χ3n) is 7.68. The van der Waals surface area contributed by atoms with Crippen molar-refractivity contribution in [1.29, 1.82) is 5.26 Å². The van der Waals surface area contributed by atoms with Gasteiger partial charge in [-0.3, -0.25) is 0 Å². The third kappa shape index (κ3) is 4.33. The molecule has 39 heavy (non-hydrogen) atoms. The van der Waals surface area contributed by atoms with Gasteiger partial charge < -0.3 is 10.2 Å². The molecule has 0 bridgehead atoms. The number of aromatic nitrogens is 2. The summed E-state index contributed by atoms with van der Waals surface area (Å²) in [6.45, 7) is 0. The smallest absolute Gasteiger partial charge is 0.269 e. The molecule has 1 aliphatic carbocycles. The lowest BCUT2D eigenvalue weighted by atomic mass is 9.85. The van der Waals surface area contributed by atoms with Gasteiger partial charge in [0.15, 0.2) is 15.5 Å². The molecule has 3 heterocycles. The van der Waals surface area contributed by atoms with E-state index in [0.29, 0.717) is 11.0 Å². The van der Waals surface area contributed by atoms with Crippen LogP contribution in [0.15, 0.2) is 82.8 Å². The summed E-state index contributed by atoms with van der Waals surface area (Å²) in [7, 11) is -7.19. The zero-order valence-electron chi connectivity index (χ0n) is 21.2. The van der Waals surface area contributed by atoms with E-state index in [-0.39, 0.29) is 27.9 Å². The Labute approximate surface area is 227 Å². The van der Waals surface area contributed by atoms with Crippen LogP contribution in [0, 0.1) is 17.2 Å². The fraction of sp³-hybridized carbons (Fsp3) is 0.286. The first-order valence-corrected chi connectivity index (χ1v) is 16.1. The van der Waals surface area contributed by atoms with Gasteiger partial charge in [-0.05, 0) is 61.6 Å². The maximum atomic E-state index is 13.5. The van der Waals surface area contributed by atoms with Crippen molar-refractivity contribution in [2.24, 2.45) is 5.92 Å². The molecule has 1 unspecified atom stereocenters. The Morgan fingerprint density at radius 1 is 0.923 bits per heavy atom. The van der Waals surface area contributed by atoms with Crippen LogP contribution < -0.4 is 10.2 Å². The highest BCUT2D eigenvalue weighted by Crippen LogP contribution is 2.48. The van der Waals surface area contributed by atoms with Crippen LogP contribution in [0.4, 0.5) is 11.4 Å². The highest BCUT2D eigenvalue weighted by Gasteiger charge is 2.39. The zero-order chi connectivity index (χ0) is 27.4. The van der Waals surface area contributed by atoms with Crippen LogP contribution in [0.2, 0.25) is 0 Å². The molecular formula is C28H27N5O4S2. The molecule has 0 spiro atoms. The van der Waals surface area contributed by atoms with Gasteiger partial charge in [-0.2, -0.15) is 5.26 Å². The highest BCUT2D eigenvalue weighted by atomic mass is 32.2. The summed E-state index contributed by atoms with van der Waals surface area (Å²) in [6, 6.07) is 19.4. The topological polar surface area (TPSA) is 125 Å². The lowest BCUT2D eigenvalue weighted by molar-refractivity contribution is 0.356. The lowest BCUT2D eigenvalue weighted by Gasteiger charge is -2.38. The Balaban J connectivity index is 1.47. The van der Waals surface area contributed by atoms with Gasteiger partial charge >= 0.3 is 0 Å². The quantitative estimate of drug-likeness (QED) is 0.372. The predicted molar refractivity (Wildman–Crippen MR) is 149 cm³/mol. The zero-order valence-corrected chi connectivity index (χ0v) is 22.9. The molecule has 2 aromatic carbocycles. The van der Waals surface area contributed by atoms with E-state index in [9.17, 15) is 22.1 Å². The second kappa shape index (κ2) is 9.39. The van der Waals surface area contributed by atoms with E-state index in [0.717, 1.165) is 42.6 Å². The van der Waals surface area contributed by atoms with Crippen LogP contribution in [-0.4, -0.2) is 38.1 Å². The molecule has 9 nitrogen and oxygen atoms in total. The van der Waals surface area contributed by atoms with Crippen molar-refractivity contribution in [3.63, 3.8) is 0 Å². The SMILES string of the molecule is CS(=O)(=O)c1ccc(C2Nc3cnc4c(ccn4S(=O)(=O)c4ccccc4)c3N2C2CCC(C#N)CC2)cc1. The number of nitriles is 1. The highest BCUT2D eigenvalue weighted by molar-refractivity contribution is 7.90. The van der Waals surface area contributed by atoms with E-state index in [4.69, 9.17) is 0 Å². The van der Waals surface area contributed by atoms with Crippen molar-refractivity contribution >= 4 is 42.3 Å². The number of sulfone groups is 1. The first-order chi connectivity index (χ1) is 18.7. The number of nitrogens with one attached hydrogen (secondary N) is 1. The standard InChI is InChI=1S/C28H27N5O4S2/c1-38(34,35)22-13-9-20(10-14-22)27-31-25-18-30-28-24(26(25)33(27)21-11-7-19(17-29)8-12-21)15-16-32(28)39(36,37)23-5-3-2-4-6-23/h2-6,9-10,13-16,18-19,21,27,31H,7-8,11-12H2,1H3. The molecule has 2 aliphatic rings. The van der Waals surface area contributed by atoms with Gasteiger partial charge in [0.2, 0.25) is 0 Å². The Bertz CT molecular complexity index is 1800. The van der Waals surface area contributed by atoms with Crippen molar-refractivity contribution in [2.45, 2.75) is 47.7 Å². The number of benzene rings is 2. The van der Waals surface area contributed by atoms with Crippen LogP contribution in [0.5, 0.6) is 0 Å². The Hall–Kier alpha value is -3.88. The largest absolute Gasteiger partial charge is 0.358 e. The van der Waals surface area contributed by atoms with Crippen LogP contribution in [0.3, 0.4) is 0 Å². The molecule has 11 heteroatoms. The molecule has 2 aromatic heterocycles. The van der Waals surface area contributed by atoms with Crippen LogP contribution in [-0.2, 0) is 19.9 Å². The Morgan fingerprint density at radius 2 is 1.62 bits per heavy atom. The van der Waals surface area contributed by atoms with E-state index < -0.39 is 19.9 Å². The monoisotopic (exact) mass is 561 g/mol. The molecule has 6 rings (SSSR count). The number of anilines is 2. The summed E-state index contributed by atoms with van der Waals surface area (Å²) in [4.78, 5) is 7.25. The second-order valence-electron chi connectivity index (χ2n) is 10.1. The van der Waals surface area contributed by atoms with Crippen LogP contribution in [0.1, 0.15) is 37.4 Å². The van der Waals surface area contributed by atoms with Crippen molar-refractivity contribution < 1.29 is 16.8 Å². The summed E-state index contributed by atoms with van der Waals surface area (Å²) < 4.78 is 52.2. The van der Waals surface area contributed by atoms with Gasteiger partial charge in [0.05, 0.1) is 33.4 Å². The molecule has 4 aromatic rings. The predicted octanol–water partition coefficient (Wildman–Crippen LogP) is 4.69. The molecule has 1 fully saturated rings. The van der Waals surface area contributed by atoms with Crippen molar-refractivity contribution in [2.75, 3.05) is 16.5 Å². The van der Waals surface area contributed by atoms with Crippen molar-refractivity contribution in [3.05, 3.63) is 78.6 Å². The molecule has 200 valence electrons. The molecule has 1 N–H and O–H groups in total. The normalized spacial score (nSPS) is 21.3. The summed E-state index contributed by atoms with van der Waals surface area (Å²) >= 11 is 0. The first-order valence-electron chi connectivity index (χ1n) is 12.7. The first kappa shape index (κ1) is 25.4. The van der Waals surface area contributed by atoms with Crippen LogP contribution >= 0.6 is 0 Å². The maximum Gasteiger partial charge on any atom is 0.269 e. The van der Waals surface area contributed by atoms with Gasteiger partial charge in [-0.1, -0.05) is 30.3 Å².